The molecule has 0 aliphatic carbocycles. The van der Waals surface area contributed by atoms with Gasteiger partial charge < -0.3 is 20.8 Å². The van der Waals surface area contributed by atoms with Gasteiger partial charge in [-0.2, -0.15) is 31.4 Å². The lowest BCUT2D eigenvalue weighted by molar-refractivity contribution is -0.267. The van der Waals surface area contributed by atoms with E-state index in [0.717, 1.165) is 12.3 Å². The third kappa shape index (κ3) is 3.99. The van der Waals surface area contributed by atoms with E-state index < -0.39 is 47.3 Å². The maximum atomic E-state index is 13.6. The van der Waals surface area contributed by atoms with Gasteiger partial charge in [-0.3, -0.25) is 9.89 Å². The molecule has 4 rings (SSSR count). The van der Waals surface area contributed by atoms with Crippen LogP contribution in [0.25, 0.3) is 0 Å². The van der Waals surface area contributed by atoms with Gasteiger partial charge in [-0.25, -0.2) is 4.98 Å². The number of pyridine rings is 1. The fourth-order valence-electron chi connectivity index (χ4n) is 4.04. The molecule has 0 unspecified atom stereocenters. The highest BCUT2D eigenvalue weighted by atomic mass is 19.4. The number of nitrogens with zero attached hydrogens (tertiary/aromatic N) is 3. The second-order valence-electron chi connectivity index (χ2n) is 7.61. The molecule has 8 nitrogen and oxygen atoms in total. The highest BCUT2D eigenvalue weighted by Crippen LogP contribution is 2.49. The fraction of sp³-hybridized carbons (Fsp3) is 0.500. The van der Waals surface area contributed by atoms with Crippen LogP contribution in [0.5, 0.6) is 0 Å². The summed E-state index contributed by atoms with van der Waals surface area (Å²) in [7, 11) is 0. The molecule has 0 saturated carbocycles. The molecule has 2 aliphatic heterocycles. The number of fused-ring (bicyclic) bond motifs is 1. The van der Waals surface area contributed by atoms with Crippen molar-refractivity contribution in [2.24, 2.45) is 0 Å². The number of H-pyrrole nitrogens is 1. The van der Waals surface area contributed by atoms with Crippen LogP contribution in [-0.2, 0) is 16.6 Å². The number of piperidine rings is 1. The van der Waals surface area contributed by atoms with Gasteiger partial charge in [0.25, 0.3) is 0 Å². The summed E-state index contributed by atoms with van der Waals surface area (Å²) in [6, 6.07) is 2.17. The van der Waals surface area contributed by atoms with Crippen LogP contribution in [0.1, 0.15) is 42.0 Å². The Kier molecular flexibility index (Phi) is 5.89. The highest BCUT2D eigenvalue weighted by Gasteiger charge is 2.61. The van der Waals surface area contributed by atoms with E-state index in [0.29, 0.717) is 31.7 Å². The molecule has 0 aromatic carbocycles. The van der Waals surface area contributed by atoms with E-state index in [2.05, 4.69) is 20.5 Å². The number of nitrogens with one attached hydrogen (secondary N) is 2. The molecule has 0 bridgehead atoms. The monoisotopic (exact) mass is 467 g/mol. The predicted molar refractivity (Wildman–Crippen MR) is 98.8 cm³/mol. The largest absolute Gasteiger partial charge is 0.422 e. The summed E-state index contributed by atoms with van der Waals surface area (Å²) in [5, 5.41) is 18.9. The van der Waals surface area contributed by atoms with Gasteiger partial charge in [-0.15, -0.1) is 0 Å². The van der Waals surface area contributed by atoms with Crippen molar-refractivity contribution in [3.8, 4) is 0 Å². The number of anilines is 2. The molecule has 0 spiro atoms. The van der Waals surface area contributed by atoms with Crippen LogP contribution in [0, 0.1) is 0 Å². The Morgan fingerprint density at radius 1 is 1.12 bits per heavy atom. The van der Waals surface area contributed by atoms with Gasteiger partial charge in [-0.05, 0) is 25.0 Å². The van der Waals surface area contributed by atoms with E-state index >= 15 is 0 Å². The Labute approximate surface area is 176 Å². The van der Waals surface area contributed by atoms with Crippen molar-refractivity contribution in [2.45, 2.75) is 43.1 Å². The summed E-state index contributed by atoms with van der Waals surface area (Å²) >= 11 is 0. The van der Waals surface area contributed by atoms with Crippen molar-refractivity contribution in [2.75, 3.05) is 23.3 Å². The van der Waals surface area contributed by atoms with Crippen molar-refractivity contribution < 1.29 is 41.7 Å². The molecule has 2 aliphatic rings. The third-order valence-corrected chi connectivity index (χ3v) is 5.65. The standard InChI is InChI=1S/C18H17F6N5O2.H2O/c19-17(20,21)10-1-2-11(25-8-10)29-5-3-9(4-6-29)14-13-15(28-27-14)26-12(30)7-16(13,31)18(22,23)24;/h1-2,8-9,31H,3-7H2,(H2,26,27,28,30);1H2/t16-;/m0./s1. The molecule has 1 fully saturated rings. The summed E-state index contributed by atoms with van der Waals surface area (Å²) in [6.45, 7) is 0.654. The number of rotatable bonds is 2. The topological polar surface area (TPSA) is 126 Å². The molecule has 176 valence electrons. The summed E-state index contributed by atoms with van der Waals surface area (Å²) in [5.74, 6) is -1.44. The Balaban J connectivity index is 0.00000289. The lowest BCUT2D eigenvalue weighted by atomic mass is 9.81. The number of carbonyl (C=O) groups is 1. The van der Waals surface area contributed by atoms with Crippen LogP contribution < -0.4 is 10.2 Å². The minimum Gasteiger partial charge on any atom is -0.412 e. The summed E-state index contributed by atoms with van der Waals surface area (Å²) in [5.41, 5.74) is -4.61. The Bertz CT molecular complexity index is 982. The first-order chi connectivity index (χ1) is 14.4. The minimum atomic E-state index is -5.08. The lowest BCUT2D eigenvalue weighted by Gasteiger charge is -2.37. The van der Waals surface area contributed by atoms with Crippen LogP contribution in [-0.4, -0.2) is 50.9 Å². The van der Waals surface area contributed by atoms with Crippen LogP contribution in [0.3, 0.4) is 0 Å². The van der Waals surface area contributed by atoms with Crippen LogP contribution in [0.15, 0.2) is 18.3 Å². The molecule has 5 N–H and O–H groups in total. The number of halogens is 6. The number of alkyl halides is 6. The zero-order chi connectivity index (χ0) is 22.6. The maximum absolute atomic E-state index is 13.6. The van der Waals surface area contributed by atoms with Gasteiger partial charge in [0, 0.05) is 30.9 Å². The Morgan fingerprint density at radius 3 is 2.31 bits per heavy atom. The number of hydrogen-bond acceptors (Lipinski definition) is 5. The average Bonchev–Trinajstić information content (AvgIpc) is 3.11. The fourth-order valence-corrected chi connectivity index (χ4v) is 4.04. The van der Waals surface area contributed by atoms with E-state index in [1.165, 1.54) is 6.07 Å². The maximum Gasteiger partial charge on any atom is 0.422 e. The second-order valence-corrected chi connectivity index (χ2v) is 7.61. The van der Waals surface area contributed by atoms with Crippen LogP contribution in [0.4, 0.5) is 38.0 Å². The normalized spacial score (nSPS) is 22.2. The van der Waals surface area contributed by atoms with Gasteiger partial charge in [-0.1, -0.05) is 0 Å². The third-order valence-electron chi connectivity index (χ3n) is 5.65. The van der Waals surface area contributed by atoms with Gasteiger partial charge >= 0.3 is 12.4 Å². The predicted octanol–water partition coefficient (Wildman–Crippen LogP) is 2.47. The van der Waals surface area contributed by atoms with E-state index in [-0.39, 0.29) is 17.0 Å². The lowest BCUT2D eigenvalue weighted by Crippen LogP contribution is -2.48. The number of carbonyl (C=O) groups excluding carboxylic acids is 1. The number of hydrogen-bond donors (Lipinski definition) is 3. The highest BCUT2D eigenvalue weighted by molar-refractivity contribution is 5.94. The molecule has 2 aromatic heterocycles. The molecule has 4 heterocycles. The average molecular weight is 467 g/mol. The molecule has 2 aromatic rings. The van der Waals surface area contributed by atoms with Gasteiger partial charge in [0.15, 0.2) is 11.4 Å². The van der Waals surface area contributed by atoms with Crippen molar-refractivity contribution in [3.05, 3.63) is 35.2 Å². The Morgan fingerprint density at radius 2 is 1.78 bits per heavy atom. The zero-order valence-corrected chi connectivity index (χ0v) is 16.3. The first-order valence-electron chi connectivity index (χ1n) is 9.36. The molecule has 1 saturated heterocycles. The van der Waals surface area contributed by atoms with Gasteiger partial charge in [0.05, 0.1) is 17.5 Å². The number of amides is 1. The molecular formula is C18H19F6N5O3. The van der Waals surface area contributed by atoms with Crippen molar-refractivity contribution in [3.63, 3.8) is 0 Å². The number of aromatic amines is 1. The SMILES string of the molecule is O.O=C1C[C@@](O)(C(F)(F)F)c2c(n[nH]c2C2CCN(c3ccc(C(F)(F)F)cn3)CC2)N1. The van der Waals surface area contributed by atoms with E-state index in [1.807, 2.05) is 0 Å². The molecule has 14 heteroatoms. The summed E-state index contributed by atoms with van der Waals surface area (Å²) in [4.78, 5) is 17.2. The van der Waals surface area contributed by atoms with Crippen LogP contribution in [0.2, 0.25) is 0 Å². The zero-order valence-electron chi connectivity index (χ0n) is 16.3. The van der Waals surface area contributed by atoms with E-state index in [4.69, 9.17) is 0 Å². The van der Waals surface area contributed by atoms with Gasteiger partial charge in [0.2, 0.25) is 5.91 Å². The van der Waals surface area contributed by atoms with E-state index in [9.17, 15) is 36.2 Å². The summed E-state index contributed by atoms with van der Waals surface area (Å²) in [6.07, 6.45) is -9.31. The summed E-state index contributed by atoms with van der Waals surface area (Å²) < 4.78 is 79.0. The first-order valence-corrected chi connectivity index (χ1v) is 9.36. The van der Waals surface area contributed by atoms with Crippen molar-refractivity contribution in [1.29, 1.82) is 0 Å². The number of aliphatic hydroxyl groups is 1. The molecule has 0 radical (unpaired) electrons. The van der Waals surface area contributed by atoms with Crippen molar-refractivity contribution in [1.82, 2.24) is 15.2 Å². The minimum absolute atomic E-state index is 0. The molecule has 1 atom stereocenters. The van der Waals surface area contributed by atoms with Gasteiger partial charge in [0.1, 0.15) is 5.82 Å². The molecule has 32 heavy (non-hydrogen) atoms. The smallest absolute Gasteiger partial charge is 0.412 e. The second kappa shape index (κ2) is 7.92. The molecular weight excluding hydrogens is 448 g/mol. The van der Waals surface area contributed by atoms with Crippen LogP contribution >= 0.6 is 0 Å². The Hall–Kier alpha value is -2.87. The quantitative estimate of drug-likeness (QED) is 0.585. The number of aromatic nitrogens is 3. The molecule has 1 amide bonds. The van der Waals surface area contributed by atoms with E-state index in [1.54, 1.807) is 4.90 Å². The first kappa shape index (κ1) is 23.8. The van der Waals surface area contributed by atoms with Crippen molar-refractivity contribution >= 4 is 17.5 Å².